The number of benzene rings is 1. The molecule has 2 aromatic rings. The second kappa shape index (κ2) is 7.19. The Labute approximate surface area is 140 Å². The van der Waals surface area contributed by atoms with E-state index in [0.717, 1.165) is 11.6 Å². The number of rotatable bonds is 4. The van der Waals surface area contributed by atoms with Gasteiger partial charge in [-0.3, -0.25) is 4.98 Å². The minimum Gasteiger partial charge on any atom is -0.391 e. The van der Waals surface area contributed by atoms with E-state index in [1.54, 1.807) is 31.2 Å². The summed E-state index contributed by atoms with van der Waals surface area (Å²) in [7, 11) is 0. The summed E-state index contributed by atoms with van der Waals surface area (Å²) < 4.78 is 37.7. The summed E-state index contributed by atoms with van der Waals surface area (Å²) in [5, 5.41) is 4.28. The number of hydrogen-bond donors (Lipinski definition) is 0. The van der Waals surface area contributed by atoms with E-state index < -0.39 is 11.7 Å². The maximum atomic E-state index is 12.6. The summed E-state index contributed by atoms with van der Waals surface area (Å²) in [4.78, 5) is 8.85. The van der Waals surface area contributed by atoms with Crippen molar-refractivity contribution >= 4 is 28.9 Å². The summed E-state index contributed by atoms with van der Waals surface area (Å²) in [5.41, 5.74) is 0.340. The van der Waals surface area contributed by atoms with Crippen LogP contribution in [0.15, 0.2) is 41.7 Å². The molecule has 0 unspecified atom stereocenters. The van der Waals surface area contributed by atoms with Crippen LogP contribution in [0.25, 0.3) is 0 Å². The van der Waals surface area contributed by atoms with Crippen molar-refractivity contribution in [2.24, 2.45) is 5.16 Å². The fourth-order valence-corrected chi connectivity index (χ4v) is 2.12. The normalized spacial score (nSPS) is 12.3. The Morgan fingerprint density at radius 1 is 1.22 bits per heavy atom. The van der Waals surface area contributed by atoms with Crippen LogP contribution < -0.4 is 0 Å². The molecule has 0 spiro atoms. The topological polar surface area (TPSA) is 34.5 Å². The molecule has 0 aliphatic rings. The van der Waals surface area contributed by atoms with Crippen molar-refractivity contribution in [3.63, 3.8) is 0 Å². The molecule has 0 N–H and O–H groups in total. The molecule has 2 rings (SSSR count). The van der Waals surface area contributed by atoms with Gasteiger partial charge in [0.15, 0.2) is 0 Å². The highest BCUT2D eigenvalue weighted by molar-refractivity contribution is 6.33. The number of pyridine rings is 1. The number of halogens is 5. The Balaban J connectivity index is 2.07. The van der Waals surface area contributed by atoms with E-state index in [9.17, 15) is 13.2 Å². The highest BCUT2D eigenvalue weighted by Crippen LogP contribution is 2.31. The molecule has 0 aliphatic carbocycles. The minimum absolute atomic E-state index is 0.135. The number of nitrogens with zero attached hydrogens (tertiary/aromatic N) is 2. The molecule has 0 fully saturated rings. The molecular formula is C15H11Cl2F3N2O. The van der Waals surface area contributed by atoms with E-state index in [0.29, 0.717) is 11.2 Å². The molecule has 122 valence electrons. The monoisotopic (exact) mass is 362 g/mol. The van der Waals surface area contributed by atoms with Gasteiger partial charge in [-0.25, -0.2) is 0 Å². The molecule has 1 aromatic carbocycles. The molecule has 3 nitrogen and oxygen atoms in total. The van der Waals surface area contributed by atoms with Crippen LogP contribution in [0.4, 0.5) is 13.2 Å². The Hall–Kier alpha value is -1.79. The van der Waals surface area contributed by atoms with E-state index in [4.69, 9.17) is 28.0 Å². The first-order chi connectivity index (χ1) is 10.8. The summed E-state index contributed by atoms with van der Waals surface area (Å²) in [6.45, 7) is 1.73. The maximum Gasteiger partial charge on any atom is 0.417 e. The SMILES string of the molecule is CC(=NOCc1ccc(Cl)cc1)c1ncc(C(F)(F)F)cc1Cl. The number of aromatic nitrogens is 1. The van der Waals surface area contributed by atoms with Crippen molar-refractivity contribution in [2.45, 2.75) is 19.7 Å². The molecule has 23 heavy (non-hydrogen) atoms. The minimum atomic E-state index is -4.49. The molecule has 0 amide bonds. The zero-order valence-electron chi connectivity index (χ0n) is 11.9. The van der Waals surface area contributed by atoms with Gasteiger partial charge in [-0.15, -0.1) is 0 Å². The molecule has 0 bridgehead atoms. The lowest BCUT2D eigenvalue weighted by molar-refractivity contribution is -0.137. The first kappa shape index (κ1) is 17.6. The van der Waals surface area contributed by atoms with Crippen LogP contribution in [0.3, 0.4) is 0 Å². The molecule has 0 radical (unpaired) electrons. The van der Waals surface area contributed by atoms with Crippen molar-refractivity contribution in [3.05, 3.63) is 63.4 Å². The number of alkyl halides is 3. The average Bonchev–Trinajstić information content (AvgIpc) is 2.48. The lowest BCUT2D eigenvalue weighted by Crippen LogP contribution is -2.08. The second-order valence-electron chi connectivity index (χ2n) is 4.63. The standard InChI is InChI=1S/C15H11Cl2F3N2O/c1-9(22-23-8-10-2-4-12(16)5-3-10)14-13(17)6-11(7-21-14)15(18,19)20/h2-7H,8H2,1H3. The van der Waals surface area contributed by atoms with Gasteiger partial charge in [0.25, 0.3) is 0 Å². The van der Waals surface area contributed by atoms with Crippen LogP contribution in [0.5, 0.6) is 0 Å². The molecule has 1 aromatic heterocycles. The van der Waals surface area contributed by atoms with Gasteiger partial charge in [0, 0.05) is 11.2 Å². The zero-order chi connectivity index (χ0) is 17.0. The smallest absolute Gasteiger partial charge is 0.391 e. The van der Waals surface area contributed by atoms with Crippen LogP contribution >= 0.6 is 23.2 Å². The van der Waals surface area contributed by atoms with Crippen LogP contribution in [-0.2, 0) is 17.6 Å². The lowest BCUT2D eigenvalue weighted by atomic mass is 10.2. The predicted octanol–water partition coefficient (Wildman–Crippen LogP) is 5.35. The van der Waals surface area contributed by atoms with Crippen LogP contribution in [0.2, 0.25) is 10.0 Å². The van der Waals surface area contributed by atoms with E-state index in [1.165, 1.54) is 0 Å². The van der Waals surface area contributed by atoms with Crippen molar-refractivity contribution in [3.8, 4) is 0 Å². The predicted molar refractivity (Wildman–Crippen MR) is 82.7 cm³/mol. The maximum absolute atomic E-state index is 12.6. The summed E-state index contributed by atoms with van der Waals surface area (Å²) in [6, 6.07) is 7.78. The number of oxime groups is 1. The van der Waals surface area contributed by atoms with E-state index in [-0.39, 0.29) is 23.0 Å². The summed E-state index contributed by atoms with van der Waals surface area (Å²) >= 11 is 11.6. The Morgan fingerprint density at radius 2 is 1.87 bits per heavy atom. The van der Waals surface area contributed by atoms with Gasteiger partial charge in [-0.2, -0.15) is 13.2 Å². The van der Waals surface area contributed by atoms with E-state index in [1.807, 2.05) is 0 Å². The fourth-order valence-electron chi connectivity index (χ4n) is 1.69. The van der Waals surface area contributed by atoms with Crippen molar-refractivity contribution in [1.82, 2.24) is 4.98 Å². The van der Waals surface area contributed by atoms with E-state index in [2.05, 4.69) is 10.1 Å². The van der Waals surface area contributed by atoms with E-state index >= 15 is 0 Å². The van der Waals surface area contributed by atoms with Gasteiger partial charge in [-0.05, 0) is 30.7 Å². The molecule has 0 atom stereocenters. The third-order valence-electron chi connectivity index (χ3n) is 2.86. The van der Waals surface area contributed by atoms with Gasteiger partial charge in [0.2, 0.25) is 0 Å². The Morgan fingerprint density at radius 3 is 2.43 bits per heavy atom. The molecule has 0 saturated heterocycles. The quantitative estimate of drug-likeness (QED) is 0.542. The van der Waals surface area contributed by atoms with Crippen LogP contribution in [0, 0.1) is 0 Å². The van der Waals surface area contributed by atoms with Gasteiger partial charge < -0.3 is 4.84 Å². The van der Waals surface area contributed by atoms with Gasteiger partial charge in [0.1, 0.15) is 18.0 Å². The third kappa shape index (κ3) is 4.84. The van der Waals surface area contributed by atoms with Gasteiger partial charge in [-0.1, -0.05) is 40.5 Å². The Kier molecular flexibility index (Phi) is 5.49. The van der Waals surface area contributed by atoms with Crippen LogP contribution in [0.1, 0.15) is 23.7 Å². The third-order valence-corrected chi connectivity index (χ3v) is 3.40. The highest BCUT2D eigenvalue weighted by Gasteiger charge is 2.31. The van der Waals surface area contributed by atoms with Crippen molar-refractivity contribution in [1.29, 1.82) is 0 Å². The second-order valence-corrected chi connectivity index (χ2v) is 5.47. The summed E-state index contributed by atoms with van der Waals surface area (Å²) in [5.74, 6) is 0. The van der Waals surface area contributed by atoms with Gasteiger partial charge in [0.05, 0.1) is 10.6 Å². The number of hydrogen-bond acceptors (Lipinski definition) is 3. The van der Waals surface area contributed by atoms with Crippen LogP contribution in [-0.4, -0.2) is 10.7 Å². The largest absolute Gasteiger partial charge is 0.417 e. The average molecular weight is 363 g/mol. The molecular weight excluding hydrogens is 352 g/mol. The van der Waals surface area contributed by atoms with Crippen molar-refractivity contribution in [2.75, 3.05) is 0 Å². The van der Waals surface area contributed by atoms with Gasteiger partial charge >= 0.3 is 6.18 Å². The summed E-state index contributed by atoms with van der Waals surface area (Å²) in [6.07, 6.45) is -3.79. The molecule has 8 heteroatoms. The molecule has 0 aliphatic heterocycles. The fraction of sp³-hybridized carbons (Fsp3) is 0.200. The molecule has 1 heterocycles. The molecule has 0 saturated carbocycles. The highest BCUT2D eigenvalue weighted by atomic mass is 35.5. The first-order valence-electron chi connectivity index (χ1n) is 6.41. The first-order valence-corrected chi connectivity index (χ1v) is 7.17. The Bertz CT molecular complexity index is 716. The lowest BCUT2D eigenvalue weighted by Gasteiger charge is -2.09. The van der Waals surface area contributed by atoms with Crippen molar-refractivity contribution < 1.29 is 18.0 Å². The zero-order valence-corrected chi connectivity index (χ0v) is 13.4.